The number of phenolic OH excluding ortho intramolecular Hbond substituents is 5. The molecule has 0 saturated carbocycles. The van der Waals surface area contributed by atoms with Crippen LogP contribution in [0.3, 0.4) is 0 Å². The zero-order valence-electron chi connectivity index (χ0n) is 21.7. The van der Waals surface area contributed by atoms with E-state index in [4.69, 9.17) is 18.6 Å². The Morgan fingerprint density at radius 3 is 2.09 bits per heavy atom. The molecule has 3 aromatic carbocycles. The SMILES string of the molecule is O=C(OC[C@@H]1O[C@H](Oc2cc(O)c3c(=O)c(O)c(-c4ccc(O)cc4)oc3c2)[C@@H](O)[C@@H](O)[C@H]1O)c1cc(O)c(O)c(O)c1. The predicted molar refractivity (Wildman–Crippen MR) is 142 cm³/mol. The number of hydrogen-bond acceptors (Lipinski definition) is 15. The lowest BCUT2D eigenvalue weighted by Gasteiger charge is -2.39. The van der Waals surface area contributed by atoms with Crippen LogP contribution in [0.25, 0.3) is 22.3 Å². The Hall–Kier alpha value is -5.22. The zero-order chi connectivity index (χ0) is 31.2. The molecule has 0 spiro atoms. The Bertz CT molecular complexity index is 1720. The molecule has 226 valence electrons. The summed E-state index contributed by atoms with van der Waals surface area (Å²) >= 11 is 0. The summed E-state index contributed by atoms with van der Waals surface area (Å²) < 4.78 is 21.8. The van der Waals surface area contributed by atoms with Crippen LogP contribution in [0.4, 0.5) is 0 Å². The van der Waals surface area contributed by atoms with Crippen LogP contribution in [-0.2, 0) is 9.47 Å². The average Bonchev–Trinajstić information content (AvgIpc) is 2.97. The van der Waals surface area contributed by atoms with Crippen LogP contribution >= 0.6 is 0 Å². The molecule has 0 radical (unpaired) electrons. The number of carbonyl (C=O) groups excluding carboxylic acids is 1. The van der Waals surface area contributed by atoms with Crippen molar-refractivity contribution in [3.05, 3.63) is 64.3 Å². The van der Waals surface area contributed by atoms with Crippen molar-refractivity contribution in [1.29, 1.82) is 0 Å². The van der Waals surface area contributed by atoms with E-state index in [0.29, 0.717) is 0 Å². The van der Waals surface area contributed by atoms with Gasteiger partial charge in [0.15, 0.2) is 23.0 Å². The second kappa shape index (κ2) is 11.2. The summed E-state index contributed by atoms with van der Waals surface area (Å²) in [5, 5.41) is 89.9. The van der Waals surface area contributed by atoms with Crippen LogP contribution in [0, 0.1) is 0 Å². The van der Waals surface area contributed by atoms with E-state index in [0.717, 1.165) is 24.3 Å². The van der Waals surface area contributed by atoms with E-state index >= 15 is 0 Å². The molecule has 2 heterocycles. The molecule has 1 aromatic heterocycles. The molecule has 5 rings (SSSR count). The molecule has 15 nitrogen and oxygen atoms in total. The summed E-state index contributed by atoms with van der Waals surface area (Å²) in [6.07, 6.45) is -8.69. The standard InChI is InChI=1S/C28H24O15/c29-12-3-1-10(2-4-12)26-24(37)22(35)19-14(30)7-13(8-17(19)42-26)41-28-25(38)23(36)21(34)18(43-28)9-40-27(39)11-5-15(31)20(33)16(32)6-11/h1-8,18,21,23,25,28-34,36-38H,9H2/t18-,21-,23-,25-,28-/m0/s1. The molecule has 0 unspecified atom stereocenters. The van der Waals surface area contributed by atoms with Gasteiger partial charge in [0.2, 0.25) is 17.5 Å². The number of rotatable bonds is 6. The van der Waals surface area contributed by atoms with Gasteiger partial charge in [-0.1, -0.05) is 0 Å². The first-order valence-corrected chi connectivity index (χ1v) is 12.5. The minimum atomic E-state index is -1.87. The summed E-state index contributed by atoms with van der Waals surface area (Å²) in [6.45, 7) is -0.709. The zero-order valence-corrected chi connectivity index (χ0v) is 21.7. The quantitative estimate of drug-likeness (QED) is 0.109. The molecule has 5 atom stereocenters. The third kappa shape index (κ3) is 5.52. The molecule has 1 fully saturated rings. The Labute approximate surface area is 239 Å². The van der Waals surface area contributed by atoms with Gasteiger partial charge in [0.05, 0.1) is 5.56 Å². The third-order valence-electron chi connectivity index (χ3n) is 6.66. The van der Waals surface area contributed by atoms with E-state index in [1.807, 2.05) is 0 Å². The van der Waals surface area contributed by atoms with Crippen molar-refractivity contribution in [1.82, 2.24) is 0 Å². The van der Waals surface area contributed by atoms with E-state index in [9.17, 15) is 55.5 Å². The highest BCUT2D eigenvalue weighted by Crippen LogP contribution is 2.37. The number of phenols is 5. The molecule has 0 amide bonds. The van der Waals surface area contributed by atoms with Crippen LogP contribution < -0.4 is 10.2 Å². The van der Waals surface area contributed by atoms with Gasteiger partial charge in [-0.15, -0.1) is 0 Å². The van der Waals surface area contributed by atoms with Crippen molar-refractivity contribution < 1.29 is 69.4 Å². The number of ether oxygens (including phenoxy) is 3. The fourth-order valence-electron chi connectivity index (χ4n) is 4.39. The maximum atomic E-state index is 12.8. The molecular weight excluding hydrogens is 576 g/mol. The number of fused-ring (bicyclic) bond motifs is 1. The van der Waals surface area contributed by atoms with E-state index < -0.39 is 82.8 Å². The molecule has 0 bridgehead atoms. The Balaban J connectivity index is 1.38. The lowest BCUT2D eigenvalue weighted by molar-refractivity contribution is -0.277. The Kier molecular flexibility index (Phi) is 7.64. The number of aromatic hydroxyl groups is 6. The van der Waals surface area contributed by atoms with Crippen LogP contribution in [0.1, 0.15) is 10.4 Å². The molecule has 9 N–H and O–H groups in total. The highest BCUT2D eigenvalue weighted by molar-refractivity contribution is 5.91. The van der Waals surface area contributed by atoms with Crippen molar-refractivity contribution in [3.8, 4) is 51.6 Å². The van der Waals surface area contributed by atoms with E-state index in [1.165, 1.54) is 24.3 Å². The largest absolute Gasteiger partial charge is 0.508 e. The summed E-state index contributed by atoms with van der Waals surface area (Å²) in [6, 6.07) is 9.05. The second-order valence-electron chi connectivity index (χ2n) is 9.57. The number of hydrogen-bond donors (Lipinski definition) is 9. The van der Waals surface area contributed by atoms with E-state index in [2.05, 4.69) is 0 Å². The molecule has 1 aliphatic rings. The van der Waals surface area contributed by atoms with Gasteiger partial charge in [-0.05, 0) is 36.4 Å². The molecule has 43 heavy (non-hydrogen) atoms. The highest BCUT2D eigenvalue weighted by Gasteiger charge is 2.45. The molecular formula is C28H24O15. The Morgan fingerprint density at radius 2 is 1.44 bits per heavy atom. The average molecular weight is 600 g/mol. The molecule has 4 aromatic rings. The van der Waals surface area contributed by atoms with Gasteiger partial charge in [-0.25, -0.2) is 4.79 Å². The number of esters is 1. The molecule has 1 aliphatic heterocycles. The maximum absolute atomic E-state index is 12.8. The van der Waals surface area contributed by atoms with Gasteiger partial charge in [-0.2, -0.15) is 0 Å². The van der Waals surface area contributed by atoms with Crippen LogP contribution in [0.2, 0.25) is 0 Å². The summed E-state index contributed by atoms with van der Waals surface area (Å²) in [7, 11) is 0. The fraction of sp³-hybridized carbons (Fsp3) is 0.214. The number of aliphatic hydroxyl groups excluding tert-OH is 3. The molecule has 15 heteroatoms. The monoisotopic (exact) mass is 600 g/mol. The lowest BCUT2D eigenvalue weighted by Crippen LogP contribution is -2.60. The van der Waals surface area contributed by atoms with Crippen LogP contribution in [-0.4, -0.2) is 89.2 Å². The van der Waals surface area contributed by atoms with Crippen LogP contribution in [0.5, 0.6) is 40.2 Å². The second-order valence-corrected chi connectivity index (χ2v) is 9.57. The predicted octanol–water partition coefficient (Wildman–Crippen LogP) is 0.737. The van der Waals surface area contributed by atoms with E-state index in [-0.39, 0.29) is 34.0 Å². The minimum Gasteiger partial charge on any atom is -0.508 e. The summed E-state index contributed by atoms with van der Waals surface area (Å²) in [5.74, 6) is -5.64. The smallest absolute Gasteiger partial charge is 0.338 e. The van der Waals surface area contributed by atoms with Gasteiger partial charge in [0.25, 0.3) is 0 Å². The fourth-order valence-corrected chi connectivity index (χ4v) is 4.39. The van der Waals surface area contributed by atoms with Crippen molar-refractivity contribution in [2.75, 3.05) is 6.61 Å². The normalized spacial score (nSPS) is 21.9. The highest BCUT2D eigenvalue weighted by atomic mass is 16.7. The van der Waals surface area contributed by atoms with Gasteiger partial charge in [-0.3, -0.25) is 4.79 Å². The van der Waals surface area contributed by atoms with Crippen molar-refractivity contribution in [2.24, 2.45) is 0 Å². The van der Waals surface area contributed by atoms with Gasteiger partial charge in [0, 0.05) is 17.7 Å². The lowest BCUT2D eigenvalue weighted by atomic mass is 9.99. The Morgan fingerprint density at radius 1 is 0.791 bits per heavy atom. The van der Waals surface area contributed by atoms with Crippen molar-refractivity contribution in [2.45, 2.75) is 30.7 Å². The van der Waals surface area contributed by atoms with Gasteiger partial charge >= 0.3 is 5.97 Å². The maximum Gasteiger partial charge on any atom is 0.338 e. The molecule has 1 saturated heterocycles. The summed E-state index contributed by atoms with van der Waals surface area (Å²) in [4.78, 5) is 25.2. The topological polar surface area (TPSA) is 257 Å². The molecule has 0 aliphatic carbocycles. The van der Waals surface area contributed by atoms with Gasteiger partial charge in [0.1, 0.15) is 59.2 Å². The number of benzene rings is 3. The van der Waals surface area contributed by atoms with Crippen molar-refractivity contribution in [3.63, 3.8) is 0 Å². The first kappa shape index (κ1) is 29.3. The van der Waals surface area contributed by atoms with Gasteiger partial charge < -0.3 is 64.6 Å². The minimum absolute atomic E-state index is 0.0786. The first-order valence-electron chi connectivity index (χ1n) is 12.5. The van der Waals surface area contributed by atoms with Crippen LogP contribution in [0.15, 0.2) is 57.7 Å². The first-order chi connectivity index (χ1) is 20.3. The van der Waals surface area contributed by atoms with Crippen molar-refractivity contribution >= 4 is 16.9 Å². The number of carbonyl (C=O) groups is 1. The summed E-state index contributed by atoms with van der Waals surface area (Å²) in [5.41, 5.74) is -1.37. The third-order valence-corrected chi connectivity index (χ3v) is 6.66. The van der Waals surface area contributed by atoms with E-state index in [1.54, 1.807) is 0 Å². The number of aliphatic hydroxyl groups is 3.